The molecule has 14 heavy (non-hydrogen) atoms. The molecule has 76 valence electrons. The summed E-state index contributed by atoms with van der Waals surface area (Å²) in [6.45, 7) is 6.34. The second kappa shape index (κ2) is 3.03. The number of hydrogen-bond acceptors (Lipinski definition) is 2. The first kappa shape index (κ1) is 10.1. The fraction of sp³-hybridized carbons (Fsp3) is 0.455. The zero-order chi connectivity index (χ0) is 10.4. The molecule has 2 atom stereocenters. The fourth-order valence-electron chi connectivity index (χ4n) is 2.25. The number of fused-ring (bicyclic) bond motifs is 1. The maximum atomic E-state index is 8.93. The van der Waals surface area contributed by atoms with Crippen LogP contribution in [0.4, 0.5) is 0 Å². The van der Waals surface area contributed by atoms with Gasteiger partial charge in [0.05, 0.1) is 0 Å². The van der Waals surface area contributed by atoms with E-state index >= 15 is 0 Å². The van der Waals surface area contributed by atoms with Gasteiger partial charge in [-0.3, -0.25) is 0 Å². The summed E-state index contributed by atoms with van der Waals surface area (Å²) in [6, 6.07) is 8.25. The summed E-state index contributed by atoms with van der Waals surface area (Å²) >= 11 is 0. The summed E-state index contributed by atoms with van der Waals surface area (Å²) in [7, 11) is -0.454. The minimum atomic E-state index is -0.454. The summed E-state index contributed by atoms with van der Waals surface area (Å²) < 4.78 is 5.49. The van der Waals surface area contributed by atoms with Crippen LogP contribution in [0.15, 0.2) is 24.3 Å². The highest BCUT2D eigenvalue weighted by Gasteiger charge is 2.55. The third kappa shape index (κ3) is 1.02. The highest BCUT2D eigenvalue weighted by molar-refractivity contribution is 7.25. The molecule has 1 aliphatic rings. The standard InChI is InChI=1S/C11H15O2P/c1-10(2)8-6-4-5-7-9(8)11(10,3)13-14-12/h4-7,12,14H,1-3H3. The number of benzene rings is 1. The van der Waals surface area contributed by atoms with Gasteiger partial charge in [0, 0.05) is 5.41 Å². The van der Waals surface area contributed by atoms with Gasteiger partial charge in [-0.1, -0.05) is 38.1 Å². The van der Waals surface area contributed by atoms with Crippen LogP contribution >= 0.6 is 9.03 Å². The van der Waals surface area contributed by atoms with Crippen molar-refractivity contribution >= 4 is 9.03 Å². The maximum absolute atomic E-state index is 8.93. The molecule has 0 fully saturated rings. The minimum Gasteiger partial charge on any atom is -0.352 e. The Hall–Kier alpha value is -0.430. The predicted octanol–water partition coefficient (Wildman–Crippen LogP) is 2.71. The van der Waals surface area contributed by atoms with Crippen LogP contribution in [0.5, 0.6) is 0 Å². The highest BCUT2D eigenvalue weighted by Crippen LogP contribution is 2.57. The molecule has 0 bridgehead atoms. The summed E-state index contributed by atoms with van der Waals surface area (Å²) in [5.74, 6) is 0. The van der Waals surface area contributed by atoms with Crippen molar-refractivity contribution in [2.45, 2.75) is 31.8 Å². The van der Waals surface area contributed by atoms with Gasteiger partial charge in [0.15, 0.2) is 9.03 Å². The van der Waals surface area contributed by atoms with E-state index in [2.05, 4.69) is 26.0 Å². The molecular formula is C11H15O2P. The van der Waals surface area contributed by atoms with Gasteiger partial charge in [0.2, 0.25) is 0 Å². The van der Waals surface area contributed by atoms with Crippen LogP contribution in [0.25, 0.3) is 0 Å². The van der Waals surface area contributed by atoms with E-state index in [9.17, 15) is 0 Å². The van der Waals surface area contributed by atoms with Crippen LogP contribution in [0.2, 0.25) is 0 Å². The minimum absolute atomic E-state index is 0.0146. The van der Waals surface area contributed by atoms with Gasteiger partial charge in [-0.05, 0) is 18.1 Å². The Bertz CT molecular complexity index is 362. The number of hydrogen-bond donors (Lipinski definition) is 1. The van der Waals surface area contributed by atoms with Crippen LogP contribution in [0, 0.1) is 0 Å². The summed E-state index contributed by atoms with van der Waals surface area (Å²) in [5.41, 5.74) is 2.17. The van der Waals surface area contributed by atoms with Crippen molar-refractivity contribution in [1.29, 1.82) is 0 Å². The molecule has 2 nitrogen and oxygen atoms in total. The molecule has 0 aromatic heterocycles. The molecular weight excluding hydrogens is 195 g/mol. The highest BCUT2D eigenvalue weighted by atomic mass is 31.1. The Morgan fingerprint density at radius 1 is 1.14 bits per heavy atom. The van der Waals surface area contributed by atoms with Crippen molar-refractivity contribution in [2.75, 3.05) is 0 Å². The summed E-state index contributed by atoms with van der Waals surface area (Å²) in [4.78, 5) is 8.93. The van der Waals surface area contributed by atoms with Gasteiger partial charge in [-0.2, -0.15) is 0 Å². The molecule has 3 heteroatoms. The van der Waals surface area contributed by atoms with Crippen LogP contribution < -0.4 is 0 Å². The molecule has 1 aliphatic carbocycles. The van der Waals surface area contributed by atoms with Gasteiger partial charge in [0.1, 0.15) is 5.60 Å². The van der Waals surface area contributed by atoms with Crippen LogP contribution in [-0.2, 0) is 15.5 Å². The average Bonchev–Trinajstić information content (AvgIpc) is 2.18. The van der Waals surface area contributed by atoms with Crippen molar-refractivity contribution in [1.82, 2.24) is 0 Å². The van der Waals surface area contributed by atoms with E-state index in [0.29, 0.717) is 0 Å². The lowest BCUT2D eigenvalue weighted by Gasteiger charge is -2.54. The molecule has 2 rings (SSSR count). The molecule has 1 N–H and O–H groups in total. The lowest BCUT2D eigenvalue weighted by molar-refractivity contribution is -0.0130. The van der Waals surface area contributed by atoms with E-state index in [1.165, 1.54) is 11.1 Å². The molecule has 0 spiro atoms. The predicted molar refractivity (Wildman–Crippen MR) is 58.4 cm³/mol. The van der Waals surface area contributed by atoms with Gasteiger partial charge in [-0.25, -0.2) is 0 Å². The van der Waals surface area contributed by atoms with Crippen molar-refractivity contribution in [2.24, 2.45) is 0 Å². The first-order valence-corrected chi connectivity index (χ1v) is 5.56. The maximum Gasteiger partial charge on any atom is 0.153 e. The van der Waals surface area contributed by atoms with Crippen LogP contribution in [-0.4, -0.2) is 4.89 Å². The molecule has 1 aromatic carbocycles. The topological polar surface area (TPSA) is 29.5 Å². The second-order valence-corrected chi connectivity index (χ2v) is 4.78. The van der Waals surface area contributed by atoms with Gasteiger partial charge in [-0.15, -0.1) is 0 Å². The van der Waals surface area contributed by atoms with E-state index in [0.717, 1.165) is 0 Å². The molecule has 0 radical (unpaired) electrons. The molecule has 2 unspecified atom stereocenters. The Labute approximate surface area is 86.2 Å². The Morgan fingerprint density at radius 3 is 2.29 bits per heavy atom. The zero-order valence-corrected chi connectivity index (χ0v) is 9.66. The Balaban J connectivity index is 2.49. The largest absolute Gasteiger partial charge is 0.352 e. The Kier molecular flexibility index (Phi) is 2.19. The summed E-state index contributed by atoms with van der Waals surface area (Å²) in [6.07, 6.45) is 0. The SMILES string of the molecule is CC1(C)c2ccccc2C1(C)OPO. The van der Waals surface area contributed by atoms with E-state index in [4.69, 9.17) is 9.42 Å². The monoisotopic (exact) mass is 210 g/mol. The zero-order valence-electron chi connectivity index (χ0n) is 8.66. The van der Waals surface area contributed by atoms with Gasteiger partial charge < -0.3 is 9.42 Å². The second-order valence-electron chi connectivity index (χ2n) is 4.40. The molecule has 0 saturated heterocycles. The normalized spacial score (nSPS) is 28.9. The van der Waals surface area contributed by atoms with Crippen molar-refractivity contribution in [3.63, 3.8) is 0 Å². The molecule has 1 aromatic rings. The van der Waals surface area contributed by atoms with E-state index in [1.807, 2.05) is 19.1 Å². The van der Waals surface area contributed by atoms with Gasteiger partial charge >= 0.3 is 0 Å². The first-order chi connectivity index (χ1) is 6.54. The van der Waals surface area contributed by atoms with Crippen molar-refractivity contribution in [3.8, 4) is 0 Å². The smallest absolute Gasteiger partial charge is 0.153 e. The molecule has 0 saturated carbocycles. The van der Waals surface area contributed by atoms with Crippen LogP contribution in [0.3, 0.4) is 0 Å². The van der Waals surface area contributed by atoms with Crippen molar-refractivity contribution < 1.29 is 9.42 Å². The van der Waals surface area contributed by atoms with E-state index < -0.39 is 9.03 Å². The Morgan fingerprint density at radius 2 is 1.71 bits per heavy atom. The lowest BCUT2D eigenvalue weighted by Crippen LogP contribution is -2.53. The van der Waals surface area contributed by atoms with E-state index in [-0.39, 0.29) is 11.0 Å². The molecule has 0 amide bonds. The third-order valence-corrected chi connectivity index (χ3v) is 4.06. The average molecular weight is 210 g/mol. The fourth-order valence-corrected chi connectivity index (χ4v) is 2.80. The van der Waals surface area contributed by atoms with Crippen molar-refractivity contribution in [3.05, 3.63) is 35.4 Å². The lowest BCUT2D eigenvalue weighted by atomic mass is 9.56. The molecule has 0 aliphatic heterocycles. The quantitative estimate of drug-likeness (QED) is 0.760. The summed E-state index contributed by atoms with van der Waals surface area (Å²) in [5, 5.41) is 0. The molecule has 0 heterocycles. The number of rotatable bonds is 2. The van der Waals surface area contributed by atoms with Crippen LogP contribution in [0.1, 0.15) is 31.9 Å². The third-order valence-electron chi connectivity index (χ3n) is 3.56. The first-order valence-electron chi connectivity index (χ1n) is 4.71. The van der Waals surface area contributed by atoms with Gasteiger partial charge in [0.25, 0.3) is 0 Å². The van der Waals surface area contributed by atoms with E-state index in [1.54, 1.807) is 0 Å².